The molecule has 1 fully saturated rings. The highest BCUT2D eigenvalue weighted by Crippen LogP contribution is 2.37. The Morgan fingerprint density at radius 1 is 1.33 bits per heavy atom. The molecule has 5 heteroatoms. The van der Waals surface area contributed by atoms with Crippen LogP contribution in [0, 0.1) is 12.8 Å². The fourth-order valence-corrected chi connectivity index (χ4v) is 3.14. The van der Waals surface area contributed by atoms with Gasteiger partial charge >= 0.3 is 0 Å². The van der Waals surface area contributed by atoms with Crippen LogP contribution in [0.15, 0.2) is 42.6 Å². The van der Waals surface area contributed by atoms with Crippen LogP contribution in [0.4, 0.5) is 0 Å². The van der Waals surface area contributed by atoms with Crippen molar-refractivity contribution in [2.75, 3.05) is 7.11 Å². The van der Waals surface area contributed by atoms with Crippen LogP contribution in [0.25, 0.3) is 0 Å². The molecular weight excluding hydrogens is 304 g/mol. The number of methoxy groups -OCH3 is 1. The largest absolute Gasteiger partial charge is 0.496 e. The molecule has 0 spiro atoms. The van der Waals surface area contributed by atoms with Crippen LogP contribution in [-0.2, 0) is 0 Å². The van der Waals surface area contributed by atoms with Crippen LogP contribution in [0.2, 0.25) is 0 Å². The number of aromatic nitrogens is 1. The number of aliphatic hydroxyl groups excluding tert-OH is 1. The van der Waals surface area contributed by atoms with Crippen molar-refractivity contribution in [3.63, 3.8) is 0 Å². The number of nitrogens with one attached hydrogen (secondary N) is 1. The average Bonchev–Trinajstić information content (AvgIpc) is 2.57. The second-order valence-electron chi connectivity index (χ2n) is 6.28. The van der Waals surface area contributed by atoms with Crippen LogP contribution in [0.5, 0.6) is 5.75 Å². The second kappa shape index (κ2) is 7.01. The van der Waals surface area contributed by atoms with Crippen molar-refractivity contribution in [3.8, 4) is 5.75 Å². The Balaban J connectivity index is 1.79. The van der Waals surface area contributed by atoms with Gasteiger partial charge in [-0.25, -0.2) is 0 Å². The molecule has 1 amide bonds. The van der Waals surface area contributed by atoms with Crippen LogP contribution in [-0.4, -0.2) is 29.2 Å². The molecule has 1 aromatic carbocycles. The summed E-state index contributed by atoms with van der Waals surface area (Å²) in [7, 11) is 1.61. The number of carbonyl (C=O) groups is 1. The first-order valence-corrected chi connectivity index (χ1v) is 8.13. The van der Waals surface area contributed by atoms with Crippen LogP contribution < -0.4 is 10.1 Å². The zero-order valence-electron chi connectivity index (χ0n) is 13.9. The molecule has 2 aromatic rings. The van der Waals surface area contributed by atoms with E-state index in [0.717, 1.165) is 17.0 Å². The molecule has 1 atom stereocenters. The monoisotopic (exact) mass is 326 g/mol. The number of hydrogen-bond acceptors (Lipinski definition) is 4. The molecule has 1 unspecified atom stereocenters. The summed E-state index contributed by atoms with van der Waals surface area (Å²) < 4.78 is 5.24. The van der Waals surface area contributed by atoms with E-state index in [-0.39, 0.29) is 24.0 Å². The van der Waals surface area contributed by atoms with E-state index < -0.39 is 0 Å². The summed E-state index contributed by atoms with van der Waals surface area (Å²) in [6.45, 7) is 1.91. The molecule has 0 bridgehead atoms. The van der Waals surface area contributed by atoms with Gasteiger partial charge in [0.25, 0.3) is 5.91 Å². The molecule has 5 nitrogen and oxygen atoms in total. The third-order valence-corrected chi connectivity index (χ3v) is 4.57. The first-order valence-electron chi connectivity index (χ1n) is 8.13. The lowest BCUT2D eigenvalue weighted by molar-refractivity contribution is 0.0228. The lowest BCUT2D eigenvalue weighted by atomic mass is 9.76. The van der Waals surface area contributed by atoms with E-state index in [9.17, 15) is 9.90 Å². The van der Waals surface area contributed by atoms with Gasteiger partial charge in [-0.1, -0.05) is 6.07 Å². The van der Waals surface area contributed by atoms with Gasteiger partial charge in [0.05, 0.1) is 24.9 Å². The predicted octanol–water partition coefficient (Wildman–Crippen LogP) is 2.64. The number of aryl methyl sites for hydroxylation is 1. The van der Waals surface area contributed by atoms with Gasteiger partial charge in [0.1, 0.15) is 5.75 Å². The van der Waals surface area contributed by atoms with Crippen molar-refractivity contribution in [1.29, 1.82) is 0 Å². The Hall–Kier alpha value is -2.40. The maximum Gasteiger partial charge on any atom is 0.251 e. The topological polar surface area (TPSA) is 71.5 Å². The van der Waals surface area contributed by atoms with Gasteiger partial charge in [0, 0.05) is 11.8 Å². The molecule has 1 aliphatic carbocycles. The smallest absolute Gasteiger partial charge is 0.251 e. The minimum Gasteiger partial charge on any atom is -0.496 e. The molecule has 1 saturated carbocycles. The van der Waals surface area contributed by atoms with E-state index in [2.05, 4.69) is 10.3 Å². The van der Waals surface area contributed by atoms with E-state index in [4.69, 9.17) is 4.74 Å². The lowest BCUT2D eigenvalue weighted by Gasteiger charge is -2.37. The molecule has 0 aliphatic heterocycles. The summed E-state index contributed by atoms with van der Waals surface area (Å²) in [4.78, 5) is 17.0. The number of benzene rings is 1. The summed E-state index contributed by atoms with van der Waals surface area (Å²) in [6, 6.07) is 10.9. The number of hydrogen-bond donors (Lipinski definition) is 2. The number of pyridine rings is 1. The van der Waals surface area contributed by atoms with Gasteiger partial charge in [0.15, 0.2) is 0 Å². The quantitative estimate of drug-likeness (QED) is 0.886. The van der Waals surface area contributed by atoms with Crippen molar-refractivity contribution in [1.82, 2.24) is 10.3 Å². The normalized spacial score (nSPS) is 20.8. The molecular formula is C19H22N2O3. The molecule has 1 aromatic heterocycles. The zero-order chi connectivity index (χ0) is 17.1. The van der Waals surface area contributed by atoms with Gasteiger partial charge in [-0.05, 0) is 61.6 Å². The highest BCUT2D eigenvalue weighted by atomic mass is 16.5. The predicted molar refractivity (Wildman–Crippen MR) is 90.9 cm³/mol. The third kappa shape index (κ3) is 3.41. The number of aliphatic hydroxyl groups is 1. The van der Waals surface area contributed by atoms with Crippen LogP contribution in [0.3, 0.4) is 0 Å². The Kier molecular flexibility index (Phi) is 4.81. The summed E-state index contributed by atoms with van der Waals surface area (Å²) in [5.74, 6) is 0.825. The lowest BCUT2D eigenvalue weighted by Crippen LogP contribution is -2.41. The van der Waals surface area contributed by atoms with Gasteiger partial charge < -0.3 is 15.2 Å². The molecule has 0 saturated heterocycles. The fraction of sp³-hybridized carbons (Fsp3) is 0.368. The molecule has 1 heterocycles. The molecule has 0 radical (unpaired) electrons. The summed E-state index contributed by atoms with van der Waals surface area (Å²) in [6.07, 6.45) is 2.81. The van der Waals surface area contributed by atoms with Gasteiger partial charge in [-0.15, -0.1) is 0 Å². The van der Waals surface area contributed by atoms with Crippen molar-refractivity contribution in [2.45, 2.75) is 31.9 Å². The number of nitrogens with zero attached hydrogens (tertiary/aromatic N) is 1. The van der Waals surface area contributed by atoms with E-state index >= 15 is 0 Å². The molecule has 24 heavy (non-hydrogen) atoms. The minimum absolute atomic E-state index is 0.141. The van der Waals surface area contributed by atoms with Gasteiger partial charge in [-0.2, -0.15) is 0 Å². The number of amides is 1. The molecule has 126 valence electrons. The van der Waals surface area contributed by atoms with Crippen molar-refractivity contribution in [2.24, 2.45) is 5.92 Å². The minimum atomic E-state index is -0.277. The highest BCUT2D eigenvalue weighted by molar-refractivity contribution is 5.94. The fourth-order valence-electron chi connectivity index (χ4n) is 3.14. The maximum absolute atomic E-state index is 12.7. The van der Waals surface area contributed by atoms with E-state index in [1.807, 2.05) is 31.2 Å². The standard InChI is InChI=1S/C19H22N2O3/c1-12-9-13(6-7-17(12)24-2)19(23)21-18(14-10-15(22)11-14)16-5-3-4-8-20-16/h3-9,14-15,18,22H,10-11H2,1-2H3,(H,21,23). The van der Waals surface area contributed by atoms with Crippen molar-refractivity contribution < 1.29 is 14.6 Å². The molecule has 1 aliphatic rings. The maximum atomic E-state index is 12.7. The molecule has 3 rings (SSSR count). The summed E-state index contributed by atoms with van der Waals surface area (Å²) in [5.41, 5.74) is 2.33. The second-order valence-corrected chi connectivity index (χ2v) is 6.28. The number of rotatable bonds is 5. The average molecular weight is 326 g/mol. The van der Waals surface area contributed by atoms with E-state index in [1.165, 1.54) is 0 Å². The number of ether oxygens (including phenoxy) is 1. The summed E-state index contributed by atoms with van der Waals surface area (Å²) in [5, 5.41) is 12.7. The molecule has 2 N–H and O–H groups in total. The zero-order valence-corrected chi connectivity index (χ0v) is 13.9. The van der Waals surface area contributed by atoms with E-state index in [0.29, 0.717) is 18.4 Å². The first kappa shape index (κ1) is 16.5. The van der Waals surface area contributed by atoms with Crippen LogP contribution >= 0.6 is 0 Å². The van der Waals surface area contributed by atoms with Gasteiger partial charge in [0.2, 0.25) is 0 Å². The van der Waals surface area contributed by atoms with E-state index in [1.54, 1.807) is 25.4 Å². The van der Waals surface area contributed by atoms with Crippen molar-refractivity contribution in [3.05, 3.63) is 59.4 Å². The first-order chi connectivity index (χ1) is 11.6. The Bertz CT molecular complexity index is 712. The summed E-state index contributed by atoms with van der Waals surface area (Å²) >= 11 is 0. The Labute approximate surface area is 141 Å². The van der Waals surface area contributed by atoms with Crippen molar-refractivity contribution >= 4 is 5.91 Å². The van der Waals surface area contributed by atoms with Crippen LogP contribution in [0.1, 0.15) is 40.5 Å². The SMILES string of the molecule is COc1ccc(C(=O)NC(c2ccccn2)C2CC(O)C2)cc1C. The third-order valence-electron chi connectivity index (χ3n) is 4.57. The number of carbonyl (C=O) groups excluding carboxylic acids is 1. The highest BCUT2D eigenvalue weighted by Gasteiger charge is 2.36. The van der Waals surface area contributed by atoms with Gasteiger partial charge in [-0.3, -0.25) is 9.78 Å². The Morgan fingerprint density at radius 2 is 2.12 bits per heavy atom. The Morgan fingerprint density at radius 3 is 2.71 bits per heavy atom.